The van der Waals surface area contributed by atoms with Crippen molar-refractivity contribution in [1.82, 2.24) is 0 Å². The van der Waals surface area contributed by atoms with Crippen molar-refractivity contribution in [2.75, 3.05) is 5.75 Å². The van der Waals surface area contributed by atoms with Gasteiger partial charge in [-0.1, -0.05) is 6.07 Å². The highest BCUT2D eigenvalue weighted by atomic mass is 32.2. The van der Waals surface area contributed by atoms with Gasteiger partial charge in [0.1, 0.15) is 5.40 Å². The molecule has 0 fully saturated rings. The third kappa shape index (κ3) is 1.90. The Morgan fingerprint density at radius 2 is 2.33 bits per heavy atom. The normalized spacial score (nSPS) is 14.5. The number of thiocyanates is 1. The lowest BCUT2D eigenvalue weighted by atomic mass is 10.1. The number of Topliss-reactive ketones (excluding diaryl/α,β-unsaturated/α-hetero) is 1. The summed E-state index contributed by atoms with van der Waals surface area (Å²) in [6.07, 6.45) is 0.583. The van der Waals surface area contributed by atoms with Crippen LogP contribution in [0.15, 0.2) is 21.9 Å². The number of fused-ring (bicyclic) bond motifs is 1. The smallest absolute Gasteiger partial charge is 0.166 e. The van der Waals surface area contributed by atoms with E-state index in [1.54, 1.807) is 11.8 Å². The molecule has 0 atom stereocenters. The molecular weight excluding hydrogens is 226 g/mol. The van der Waals surface area contributed by atoms with E-state index < -0.39 is 0 Å². The molecule has 2 rings (SSSR count). The molecule has 15 heavy (non-hydrogen) atoms. The summed E-state index contributed by atoms with van der Waals surface area (Å²) in [6, 6.07) is 3.84. The van der Waals surface area contributed by atoms with Crippen LogP contribution in [0.5, 0.6) is 0 Å². The van der Waals surface area contributed by atoms with E-state index in [1.807, 2.05) is 24.5 Å². The second-order valence-electron chi connectivity index (χ2n) is 3.30. The number of hydrogen-bond acceptors (Lipinski definition) is 4. The lowest BCUT2D eigenvalue weighted by molar-refractivity contribution is 0.0981. The molecule has 0 aliphatic carbocycles. The SMILES string of the molecule is Cc1ccc(SC#N)c2c1SCCC2=O. The fourth-order valence-corrected chi connectivity index (χ4v) is 3.40. The highest BCUT2D eigenvalue weighted by molar-refractivity contribution is 8.04. The first kappa shape index (κ1) is 10.6. The molecule has 4 heteroatoms. The number of nitrogens with zero attached hydrogens (tertiary/aromatic N) is 1. The van der Waals surface area contributed by atoms with Crippen LogP contribution in [-0.4, -0.2) is 11.5 Å². The monoisotopic (exact) mass is 235 g/mol. The maximum absolute atomic E-state index is 11.8. The molecule has 0 spiro atoms. The van der Waals surface area contributed by atoms with Crippen molar-refractivity contribution in [3.05, 3.63) is 23.3 Å². The number of aryl methyl sites for hydroxylation is 1. The number of hydrogen-bond donors (Lipinski definition) is 0. The lowest BCUT2D eigenvalue weighted by Gasteiger charge is -2.18. The molecule has 1 heterocycles. The molecule has 0 radical (unpaired) electrons. The number of carbonyl (C=O) groups is 1. The average Bonchev–Trinajstić information content (AvgIpc) is 2.23. The minimum Gasteiger partial charge on any atom is -0.294 e. The second kappa shape index (κ2) is 4.30. The number of rotatable bonds is 1. The summed E-state index contributed by atoms with van der Waals surface area (Å²) >= 11 is 2.79. The Labute approximate surface area is 97.1 Å². The Bertz CT molecular complexity index is 462. The Morgan fingerprint density at radius 3 is 3.07 bits per heavy atom. The molecule has 0 unspecified atom stereocenters. The molecule has 0 saturated heterocycles. The van der Waals surface area contributed by atoms with Crippen LogP contribution >= 0.6 is 23.5 Å². The van der Waals surface area contributed by atoms with Gasteiger partial charge in [-0.15, -0.1) is 11.8 Å². The molecule has 0 bridgehead atoms. The first-order valence-electron chi connectivity index (χ1n) is 4.59. The Kier molecular flexibility index (Phi) is 3.03. The number of benzene rings is 1. The zero-order valence-electron chi connectivity index (χ0n) is 8.24. The van der Waals surface area contributed by atoms with Crippen LogP contribution < -0.4 is 0 Å². The molecule has 1 aliphatic heterocycles. The van der Waals surface area contributed by atoms with Crippen LogP contribution in [-0.2, 0) is 0 Å². The van der Waals surface area contributed by atoms with Crippen molar-refractivity contribution < 1.29 is 4.79 Å². The molecule has 1 aliphatic rings. The fourth-order valence-electron chi connectivity index (χ4n) is 1.62. The highest BCUT2D eigenvalue weighted by Gasteiger charge is 2.22. The molecule has 0 aromatic heterocycles. The van der Waals surface area contributed by atoms with E-state index in [4.69, 9.17) is 5.26 Å². The molecular formula is C11H9NOS2. The summed E-state index contributed by atoms with van der Waals surface area (Å²) in [7, 11) is 0. The fraction of sp³-hybridized carbons (Fsp3) is 0.273. The minimum atomic E-state index is 0.171. The third-order valence-corrected chi connectivity index (χ3v) is 4.20. The maximum atomic E-state index is 11.8. The van der Waals surface area contributed by atoms with E-state index in [-0.39, 0.29) is 5.78 Å². The Balaban J connectivity index is 2.61. The summed E-state index contributed by atoms with van der Waals surface area (Å²) in [4.78, 5) is 13.7. The maximum Gasteiger partial charge on any atom is 0.166 e. The van der Waals surface area contributed by atoms with Gasteiger partial charge in [0, 0.05) is 27.5 Å². The standard InChI is InChI=1S/C11H9NOS2/c1-7-2-3-9(15-6-12)10-8(13)4-5-14-11(7)10/h2-3H,4-5H2,1H3. The second-order valence-corrected chi connectivity index (χ2v) is 5.23. The summed E-state index contributed by atoms with van der Waals surface area (Å²) < 4.78 is 0. The lowest BCUT2D eigenvalue weighted by Crippen LogP contribution is -2.10. The Morgan fingerprint density at radius 1 is 1.53 bits per heavy atom. The molecule has 76 valence electrons. The average molecular weight is 235 g/mol. The van der Waals surface area contributed by atoms with Crippen LogP contribution in [0.4, 0.5) is 0 Å². The molecule has 1 aromatic carbocycles. The van der Waals surface area contributed by atoms with Gasteiger partial charge in [-0.25, -0.2) is 0 Å². The van der Waals surface area contributed by atoms with Crippen LogP contribution in [0.1, 0.15) is 22.3 Å². The quantitative estimate of drug-likeness (QED) is 0.553. The molecule has 1 aromatic rings. The van der Waals surface area contributed by atoms with Gasteiger partial charge in [0.25, 0.3) is 0 Å². The van der Waals surface area contributed by atoms with Gasteiger partial charge in [0.05, 0.1) is 0 Å². The summed E-state index contributed by atoms with van der Waals surface area (Å²) in [5.74, 6) is 1.03. The van der Waals surface area contributed by atoms with Crippen molar-refractivity contribution in [3.63, 3.8) is 0 Å². The first-order valence-corrected chi connectivity index (χ1v) is 6.40. The van der Waals surface area contributed by atoms with Crippen LogP contribution in [0.25, 0.3) is 0 Å². The van der Waals surface area contributed by atoms with Crippen LogP contribution in [0.2, 0.25) is 0 Å². The predicted molar refractivity (Wildman–Crippen MR) is 62.3 cm³/mol. The van der Waals surface area contributed by atoms with Gasteiger partial charge in [-0.2, -0.15) is 5.26 Å². The van der Waals surface area contributed by atoms with E-state index in [0.29, 0.717) is 6.42 Å². The van der Waals surface area contributed by atoms with Crippen molar-refractivity contribution in [2.24, 2.45) is 0 Å². The summed E-state index contributed by atoms with van der Waals surface area (Å²) in [5.41, 5.74) is 1.89. The largest absolute Gasteiger partial charge is 0.294 e. The van der Waals surface area contributed by atoms with Crippen molar-refractivity contribution in [2.45, 2.75) is 23.1 Å². The van der Waals surface area contributed by atoms with Crippen molar-refractivity contribution in [3.8, 4) is 5.40 Å². The highest BCUT2D eigenvalue weighted by Crippen LogP contribution is 2.38. The number of nitriles is 1. The topological polar surface area (TPSA) is 40.9 Å². The Hall–Kier alpha value is -0.920. The van der Waals surface area contributed by atoms with Gasteiger partial charge < -0.3 is 0 Å². The number of carbonyl (C=O) groups excluding carboxylic acids is 1. The predicted octanol–water partition coefficient (Wildman–Crippen LogP) is 3.25. The molecule has 0 saturated carbocycles. The van der Waals surface area contributed by atoms with E-state index in [0.717, 1.165) is 38.4 Å². The third-order valence-electron chi connectivity index (χ3n) is 2.33. The van der Waals surface area contributed by atoms with Crippen molar-refractivity contribution >= 4 is 29.3 Å². The van der Waals surface area contributed by atoms with Gasteiger partial charge in [0.2, 0.25) is 0 Å². The van der Waals surface area contributed by atoms with E-state index >= 15 is 0 Å². The minimum absolute atomic E-state index is 0.171. The first-order chi connectivity index (χ1) is 7.24. The number of ketones is 1. The molecule has 2 nitrogen and oxygen atoms in total. The summed E-state index contributed by atoms with van der Waals surface area (Å²) in [6.45, 7) is 2.01. The van der Waals surface area contributed by atoms with E-state index in [9.17, 15) is 4.79 Å². The van der Waals surface area contributed by atoms with Gasteiger partial charge >= 0.3 is 0 Å². The van der Waals surface area contributed by atoms with Crippen LogP contribution in [0.3, 0.4) is 0 Å². The van der Waals surface area contributed by atoms with Gasteiger partial charge in [-0.3, -0.25) is 4.79 Å². The number of thioether (sulfide) groups is 2. The zero-order chi connectivity index (χ0) is 10.8. The van der Waals surface area contributed by atoms with Gasteiger partial charge in [-0.05, 0) is 30.3 Å². The summed E-state index contributed by atoms with van der Waals surface area (Å²) in [5, 5.41) is 10.7. The van der Waals surface area contributed by atoms with Crippen molar-refractivity contribution in [1.29, 1.82) is 5.26 Å². The van der Waals surface area contributed by atoms with Crippen LogP contribution in [0, 0.1) is 17.6 Å². The molecule has 0 amide bonds. The van der Waals surface area contributed by atoms with E-state index in [1.165, 1.54) is 0 Å². The van der Waals surface area contributed by atoms with E-state index in [2.05, 4.69) is 0 Å². The molecule has 0 N–H and O–H groups in total. The zero-order valence-corrected chi connectivity index (χ0v) is 9.87. The van der Waals surface area contributed by atoms with Gasteiger partial charge in [0.15, 0.2) is 5.78 Å².